The molecule has 0 aromatic carbocycles. The minimum atomic E-state index is -0.840. The van der Waals surface area contributed by atoms with Crippen LogP contribution in [0.1, 0.15) is 25.4 Å². The van der Waals surface area contributed by atoms with Crippen LogP contribution in [0.15, 0.2) is 18.2 Å². The highest BCUT2D eigenvalue weighted by Crippen LogP contribution is 2.22. The number of aryl methyl sites for hydroxylation is 1. The Morgan fingerprint density at radius 2 is 2.12 bits per heavy atom. The summed E-state index contributed by atoms with van der Waals surface area (Å²) in [5.74, 6) is 0.129. The van der Waals surface area contributed by atoms with E-state index in [1.54, 1.807) is 18.4 Å². The van der Waals surface area contributed by atoms with Gasteiger partial charge in [0.05, 0.1) is 7.11 Å². The number of nitrogens with zero attached hydrogens (tertiary/aromatic N) is 3. The maximum Gasteiger partial charge on any atom is 0.319 e. The highest BCUT2D eigenvalue weighted by molar-refractivity contribution is 5.81. The summed E-state index contributed by atoms with van der Waals surface area (Å²) in [6.07, 6.45) is 0. The Balaban J connectivity index is 2.57. The largest absolute Gasteiger partial charge is 0.468 e. The Labute approximate surface area is 99.4 Å². The standard InChI is InChI=1S/C12H15N3O2/c1-8-6-5-7-9-13-10(14-15(8)9)12(2,3)11(16)17-4/h5-7H,1-4H3. The quantitative estimate of drug-likeness (QED) is 0.737. The summed E-state index contributed by atoms with van der Waals surface area (Å²) < 4.78 is 6.49. The van der Waals surface area contributed by atoms with Gasteiger partial charge >= 0.3 is 5.97 Å². The smallest absolute Gasteiger partial charge is 0.319 e. The second-order valence-corrected chi connectivity index (χ2v) is 4.49. The lowest BCUT2D eigenvalue weighted by molar-refractivity contribution is -0.146. The first-order chi connectivity index (χ1) is 7.96. The van der Waals surface area contributed by atoms with Crippen molar-refractivity contribution in [3.8, 4) is 0 Å². The van der Waals surface area contributed by atoms with Crippen molar-refractivity contribution in [2.45, 2.75) is 26.2 Å². The van der Waals surface area contributed by atoms with Crippen LogP contribution in [0.4, 0.5) is 0 Å². The zero-order chi connectivity index (χ0) is 12.6. The number of aromatic nitrogens is 3. The third-order valence-electron chi connectivity index (χ3n) is 2.80. The molecular formula is C12H15N3O2. The van der Waals surface area contributed by atoms with E-state index in [0.29, 0.717) is 5.82 Å². The number of esters is 1. The molecule has 0 unspecified atom stereocenters. The first kappa shape index (κ1) is 11.6. The number of carbonyl (C=O) groups excluding carboxylic acids is 1. The lowest BCUT2D eigenvalue weighted by atomic mass is 9.93. The second-order valence-electron chi connectivity index (χ2n) is 4.49. The topological polar surface area (TPSA) is 56.5 Å². The first-order valence-corrected chi connectivity index (χ1v) is 5.38. The zero-order valence-electron chi connectivity index (χ0n) is 10.4. The Bertz CT molecular complexity index is 572. The summed E-state index contributed by atoms with van der Waals surface area (Å²) in [7, 11) is 1.37. The maximum atomic E-state index is 11.7. The molecule has 0 aliphatic carbocycles. The predicted octanol–water partition coefficient (Wildman–Crippen LogP) is 1.49. The predicted molar refractivity (Wildman–Crippen MR) is 62.8 cm³/mol. The minimum absolute atomic E-state index is 0.342. The van der Waals surface area contributed by atoms with Crippen LogP contribution in [0.25, 0.3) is 5.65 Å². The number of rotatable bonds is 2. The lowest BCUT2D eigenvalue weighted by Crippen LogP contribution is -2.31. The third-order valence-corrected chi connectivity index (χ3v) is 2.80. The number of ether oxygens (including phenoxy) is 1. The van der Waals surface area contributed by atoms with Crippen molar-refractivity contribution < 1.29 is 9.53 Å². The average molecular weight is 233 g/mol. The van der Waals surface area contributed by atoms with Gasteiger partial charge in [-0.2, -0.15) is 0 Å². The van der Waals surface area contributed by atoms with Crippen LogP contribution in [-0.4, -0.2) is 27.7 Å². The van der Waals surface area contributed by atoms with Crippen LogP contribution in [0.3, 0.4) is 0 Å². The monoisotopic (exact) mass is 233 g/mol. The summed E-state index contributed by atoms with van der Waals surface area (Å²) in [5.41, 5.74) is 0.867. The van der Waals surface area contributed by atoms with Gasteiger partial charge in [0.1, 0.15) is 5.41 Å². The molecule has 2 aromatic rings. The van der Waals surface area contributed by atoms with E-state index in [0.717, 1.165) is 11.3 Å². The molecule has 0 aliphatic rings. The molecule has 5 nitrogen and oxygen atoms in total. The maximum absolute atomic E-state index is 11.7. The fraction of sp³-hybridized carbons (Fsp3) is 0.417. The van der Waals surface area contributed by atoms with Crippen molar-refractivity contribution in [3.63, 3.8) is 0 Å². The van der Waals surface area contributed by atoms with Gasteiger partial charge < -0.3 is 4.74 Å². The van der Waals surface area contributed by atoms with E-state index < -0.39 is 5.41 Å². The molecular weight excluding hydrogens is 218 g/mol. The molecule has 0 saturated heterocycles. The average Bonchev–Trinajstić information content (AvgIpc) is 2.74. The molecule has 0 N–H and O–H groups in total. The number of carbonyl (C=O) groups is 1. The molecule has 0 bridgehead atoms. The van der Waals surface area contributed by atoms with E-state index in [4.69, 9.17) is 4.74 Å². The Kier molecular flexibility index (Phi) is 2.61. The highest BCUT2D eigenvalue weighted by atomic mass is 16.5. The van der Waals surface area contributed by atoms with Crippen molar-refractivity contribution in [3.05, 3.63) is 29.7 Å². The molecule has 0 aliphatic heterocycles. The van der Waals surface area contributed by atoms with Crippen LogP contribution >= 0.6 is 0 Å². The fourth-order valence-corrected chi connectivity index (χ4v) is 1.65. The third kappa shape index (κ3) is 1.77. The summed E-state index contributed by atoms with van der Waals surface area (Å²) in [5, 5.41) is 4.36. The van der Waals surface area contributed by atoms with Crippen molar-refractivity contribution in [1.82, 2.24) is 14.6 Å². The molecule has 0 atom stereocenters. The Morgan fingerprint density at radius 3 is 2.71 bits per heavy atom. The van der Waals surface area contributed by atoms with Gasteiger partial charge in [-0.1, -0.05) is 6.07 Å². The summed E-state index contributed by atoms with van der Waals surface area (Å²) >= 11 is 0. The summed E-state index contributed by atoms with van der Waals surface area (Å²) in [6.45, 7) is 5.45. The van der Waals surface area contributed by atoms with Crippen LogP contribution < -0.4 is 0 Å². The second kappa shape index (κ2) is 3.84. The lowest BCUT2D eigenvalue weighted by Gasteiger charge is -2.16. The van der Waals surface area contributed by atoms with Gasteiger partial charge in [0, 0.05) is 5.69 Å². The molecule has 0 amide bonds. The summed E-state index contributed by atoms with van der Waals surface area (Å²) in [4.78, 5) is 16.0. The minimum Gasteiger partial charge on any atom is -0.468 e. The SMILES string of the molecule is COC(=O)C(C)(C)c1nc2cccc(C)n2n1. The first-order valence-electron chi connectivity index (χ1n) is 5.38. The van der Waals surface area contributed by atoms with E-state index >= 15 is 0 Å². The Hall–Kier alpha value is -1.91. The molecule has 2 heterocycles. The van der Waals surface area contributed by atoms with Crippen molar-refractivity contribution in [2.75, 3.05) is 7.11 Å². The molecule has 0 spiro atoms. The van der Waals surface area contributed by atoms with Crippen molar-refractivity contribution >= 4 is 11.6 Å². The van der Waals surface area contributed by atoms with E-state index in [1.807, 2.05) is 25.1 Å². The van der Waals surface area contributed by atoms with Gasteiger partial charge in [0.15, 0.2) is 11.5 Å². The van der Waals surface area contributed by atoms with Gasteiger partial charge in [-0.25, -0.2) is 9.50 Å². The highest BCUT2D eigenvalue weighted by Gasteiger charge is 2.35. The van der Waals surface area contributed by atoms with Gasteiger partial charge in [0.25, 0.3) is 0 Å². The Morgan fingerprint density at radius 1 is 1.41 bits per heavy atom. The number of hydrogen-bond acceptors (Lipinski definition) is 4. The van der Waals surface area contributed by atoms with Gasteiger partial charge in [0.2, 0.25) is 0 Å². The number of hydrogen-bond donors (Lipinski definition) is 0. The summed E-state index contributed by atoms with van der Waals surface area (Å²) in [6, 6.07) is 5.71. The van der Waals surface area contributed by atoms with E-state index in [9.17, 15) is 4.79 Å². The van der Waals surface area contributed by atoms with E-state index in [1.165, 1.54) is 7.11 Å². The molecule has 0 radical (unpaired) electrons. The van der Waals surface area contributed by atoms with Crippen molar-refractivity contribution in [2.24, 2.45) is 0 Å². The number of pyridine rings is 1. The molecule has 17 heavy (non-hydrogen) atoms. The number of methoxy groups -OCH3 is 1. The fourth-order valence-electron chi connectivity index (χ4n) is 1.65. The van der Waals surface area contributed by atoms with Crippen LogP contribution in [0.2, 0.25) is 0 Å². The van der Waals surface area contributed by atoms with E-state index in [-0.39, 0.29) is 5.97 Å². The molecule has 2 rings (SSSR count). The zero-order valence-corrected chi connectivity index (χ0v) is 10.4. The van der Waals surface area contributed by atoms with Gasteiger partial charge in [-0.15, -0.1) is 5.10 Å². The van der Waals surface area contributed by atoms with E-state index in [2.05, 4.69) is 10.1 Å². The van der Waals surface area contributed by atoms with Crippen LogP contribution in [-0.2, 0) is 14.9 Å². The normalized spacial score (nSPS) is 11.8. The molecule has 0 saturated carbocycles. The van der Waals surface area contributed by atoms with Crippen LogP contribution in [0, 0.1) is 6.92 Å². The molecule has 0 fully saturated rings. The van der Waals surface area contributed by atoms with Crippen molar-refractivity contribution in [1.29, 1.82) is 0 Å². The van der Waals surface area contributed by atoms with Crippen LogP contribution in [0.5, 0.6) is 0 Å². The molecule has 5 heteroatoms. The molecule has 90 valence electrons. The number of fused-ring (bicyclic) bond motifs is 1. The van der Waals surface area contributed by atoms with Gasteiger partial charge in [-0.3, -0.25) is 4.79 Å². The van der Waals surface area contributed by atoms with Gasteiger partial charge in [-0.05, 0) is 32.9 Å². The molecule has 2 aromatic heterocycles.